The maximum Gasteiger partial charge on any atom is 0.307 e. The highest BCUT2D eigenvalue weighted by Crippen LogP contribution is 2.28. The second-order valence-electron chi connectivity index (χ2n) is 4.55. The van der Waals surface area contributed by atoms with Crippen molar-refractivity contribution in [3.63, 3.8) is 0 Å². The normalized spacial score (nSPS) is 11.3. The summed E-state index contributed by atoms with van der Waals surface area (Å²) in [5.41, 5.74) is 2.80. The third-order valence-corrected chi connectivity index (χ3v) is 2.88. The molecule has 0 radical (unpaired) electrons. The molecule has 4 heteroatoms. The van der Waals surface area contributed by atoms with Gasteiger partial charge in [0.1, 0.15) is 0 Å². The Balaban J connectivity index is 2.72. The van der Waals surface area contributed by atoms with Gasteiger partial charge in [0.15, 0.2) is 0 Å². The van der Waals surface area contributed by atoms with Crippen LogP contribution in [0.1, 0.15) is 31.0 Å². The number of carboxylic acids is 1. The first-order valence-electron chi connectivity index (χ1n) is 5.67. The molecular formula is C13H16N2O2. The molecule has 17 heavy (non-hydrogen) atoms. The second-order valence-corrected chi connectivity index (χ2v) is 4.55. The Labute approximate surface area is 99.9 Å². The van der Waals surface area contributed by atoms with Crippen LogP contribution in [-0.2, 0) is 18.3 Å². The highest BCUT2D eigenvalue weighted by Gasteiger charge is 2.16. The number of nitrogens with zero attached hydrogens (tertiary/aromatic N) is 2. The topological polar surface area (TPSA) is 55.1 Å². The molecule has 0 fully saturated rings. The first kappa shape index (κ1) is 11.6. The molecular weight excluding hydrogens is 216 g/mol. The smallest absolute Gasteiger partial charge is 0.307 e. The molecule has 90 valence electrons. The Bertz CT molecular complexity index is 570. The lowest BCUT2D eigenvalue weighted by atomic mass is 9.99. The first-order chi connectivity index (χ1) is 8.00. The Kier molecular flexibility index (Phi) is 2.88. The second kappa shape index (κ2) is 4.20. The van der Waals surface area contributed by atoms with Gasteiger partial charge in [-0.25, -0.2) is 0 Å². The van der Waals surface area contributed by atoms with E-state index in [1.165, 1.54) is 0 Å². The maximum absolute atomic E-state index is 10.9. The number of aryl methyl sites for hydroxylation is 1. The molecule has 0 unspecified atom stereocenters. The zero-order valence-corrected chi connectivity index (χ0v) is 10.3. The van der Waals surface area contributed by atoms with E-state index >= 15 is 0 Å². The average Bonchev–Trinajstić information content (AvgIpc) is 2.54. The van der Waals surface area contributed by atoms with Gasteiger partial charge in [0.25, 0.3) is 0 Å². The molecule has 0 spiro atoms. The quantitative estimate of drug-likeness (QED) is 0.883. The van der Waals surface area contributed by atoms with Crippen molar-refractivity contribution in [1.29, 1.82) is 0 Å². The molecule has 0 bridgehead atoms. The minimum absolute atomic E-state index is 0.0444. The highest BCUT2D eigenvalue weighted by molar-refractivity contribution is 5.88. The molecule has 0 saturated heterocycles. The van der Waals surface area contributed by atoms with Gasteiger partial charge in [0.2, 0.25) is 0 Å². The first-order valence-corrected chi connectivity index (χ1v) is 5.67. The monoisotopic (exact) mass is 232 g/mol. The van der Waals surface area contributed by atoms with Crippen molar-refractivity contribution in [3.8, 4) is 0 Å². The summed E-state index contributed by atoms with van der Waals surface area (Å²) in [6, 6.07) is 5.65. The summed E-state index contributed by atoms with van der Waals surface area (Å²) in [6.45, 7) is 4.18. The molecule has 0 aliphatic rings. The lowest BCUT2D eigenvalue weighted by Crippen LogP contribution is -2.03. The molecule has 2 aromatic rings. The van der Waals surface area contributed by atoms with Crippen LogP contribution in [-0.4, -0.2) is 20.9 Å². The molecule has 0 amide bonds. The molecule has 0 aliphatic carbocycles. The Hall–Kier alpha value is -1.84. The number of aromatic nitrogens is 2. The van der Waals surface area contributed by atoms with Crippen molar-refractivity contribution in [2.24, 2.45) is 7.05 Å². The Morgan fingerprint density at radius 1 is 1.47 bits per heavy atom. The fourth-order valence-electron chi connectivity index (χ4n) is 2.32. The molecule has 1 aromatic heterocycles. The van der Waals surface area contributed by atoms with Gasteiger partial charge >= 0.3 is 5.97 Å². The molecule has 4 nitrogen and oxygen atoms in total. The average molecular weight is 232 g/mol. The number of fused-ring (bicyclic) bond motifs is 1. The summed E-state index contributed by atoms with van der Waals surface area (Å²) in [7, 11) is 1.90. The number of rotatable bonds is 3. The number of benzene rings is 1. The van der Waals surface area contributed by atoms with Crippen molar-refractivity contribution in [1.82, 2.24) is 9.78 Å². The van der Waals surface area contributed by atoms with E-state index in [1.807, 2.05) is 29.9 Å². The number of hydrogen-bond donors (Lipinski definition) is 1. The molecule has 0 aliphatic heterocycles. The molecule has 0 saturated carbocycles. The number of hydrogen-bond acceptors (Lipinski definition) is 2. The van der Waals surface area contributed by atoms with Gasteiger partial charge in [-0.05, 0) is 17.5 Å². The van der Waals surface area contributed by atoms with E-state index in [0.29, 0.717) is 5.92 Å². The van der Waals surface area contributed by atoms with Gasteiger partial charge in [0, 0.05) is 18.1 Å². The fraction of sp³-hybridized carbons (Fsp3) is 0.385. The summed E-state index contributed by atoms with van der Waals surface area (Å²) in [6.07, 6.45) is 0.0444. The summed E-state index contributed by atoms with van der Waals surface area (Å²) >= 11 is 0. The molecule has 1 aromatic carbocycles. The van der Waals surface area contributed by atoms with E-state index in [9.17, 15) is 4.79 Å². The number of aliphatic carboxylic acids is 1. The zero-order valence-electron chi connectivity index (χ0n) is 10.3. The summed E-state index contributed by atoms with van der Waals surface area (Å²) in [5, 5.41) is 14.4. The predicted octanol–water partition coefficient (Wildman–Crippen LogP) is 2.32. The van der Waals surface area contributed by atoms with E-state index in [2.05, 4.69) is 18.9 Å². The van der Waals surface area contributed by atoms with Crippen LogP contribution in [0.15, 0.2) is 18.2 Å². The Morgan fingerprint density at radius 2 is 2.18 bits per heavy atom. The minimum Gasteiger partial charge on any atom is -0.481 e. The minimum atomic E-state index is -0.809. The maximum atomic E-state index is 10.9. The van der Waals surface area contributed by atoms with Gasteiger partial charge in [0.05, 0.1) is 11.9 Å². The van der Waals surface area contributed by atoms with Gasteiger partial charge in [-0.3, -0.25) is 9.48 Å². The molecule has 0 atom stereocenters. The summed E-state index contributed by atoms with van der Waals surface area (Å²) in [4.78, 5) is 10.9. The summed E-state index contributed by atoms with van der Waals surface area (Å²) < 4.78 is 1.85. The SMILES string of the molecule is CC(C)c1c2c(CC(=O)O)cccc2nn1C. The van der Waals surface area contributed by atoms with Gasteiger partial charge in [-0.1, -0.05) is 26.0 Å². The highest BCUT2D eigenvalue weighted by atomic mass is 16.4. The van der Waals surface area contributed by atoms with Crippen molar-refractivity contribution >= 4 is 16.9 Å². The fourth-order valence-corrected chi connectivity index (χ4v) is 2.32. The standard InChI is InChI=1S/C13H16N2O2/c1-8(2)13-12-9(7-11(16)17)5-4-6-10(12)14-15(13)3/h4-6,8H,7H2,1-3H3,(H,16,17). The van der Waals surface area contributed by atoms with Crippen LogP contribution >= 0.6 is 0 Å². The Morgan fingerprint density at radius 3 is 2.76 bits per heavy atom. The van der Waals surface area contributed by atoms with E-state index in [1.54, 1.807) is 0 Å². The van der Waals surface area contributed by atoms with E-state index in [0.717, 1.165) is 22.2 Å². The van der Waals surface area contributed by atoms with Gasteiger partial charge in [-0.2, -0.15) is 5.10 Å². The molecule has 1 N–H and O–H groups in total. The molecule has 1 heterocycles. The number of carbonyl (C=O) groups is 1. The van der Waals surface area contributed by atoms with Crippen LogP contribution in [0.5, 0.6) is 0 Å². The summed E-state index contributed by atoms with van der Waals surface area (Å²) in [5.74, 6) is -0.490. The van der Waals surface area contributed by atoms with Crippen LogP contribution in [0, 0.1) is 0 Å². The third-order valence-electron chi connectivity index (χ3n) is 2.88. The van der Waals surface area contributed by atoms with Crippen molar-refractivity contribution < 1.29 is 9.90 Å². The van der Waals surface area contributed by atoms with Crippen molar-refractivity contribution in [2.75, 3.05) is 0 Å². The largest absolute Gasteiger partial charge is 0.481 e. The third kappa shape index (κ3) is 2.02. The van der Waals surface area contributed by atoms with Crippen LogP contribution in [0.2, 0.25) is 0 Å². The van der Waals surface area contributed by atoms with Gasteiger partial charge < -0.3 is 5.11 Å². The van der Waals surface area contributed by atoms with Gasteiger partial charge in [-0.15, -0.1) is 0 Å². The van der Waals surface area contributed by atoms with Crippen LogP contribution in [0.25, 0.3) is 10.9 Å². The molecule has 2 rings (SSSR count). The van der Waals surface area contributed by atoms with Crippen molar-refractivity contribution in [3.05, 3.63) is 29.5 Å². The van der Waals surface area contributed by atoms with E-state index in [-0.39, 0.29) is 6.42 Å². The lowest BCUT2D eigenvalue weighted by Gasteiger charge is -2.08. The zero-order chi connectivity index (χ0) is 12.6. The van der Waals surface area contributed by atoms with Crippen LogP contribution in [0.4, 0.5) is 0 Å². The predicted molar refractivity (Wildman–Crippen MR) is 66.1 cm³/mol. The number of carboxylic acid groups (broad SMARTS) is 1. The van der Waals surface area contributed by atoms with E-state index < -0.39 is 5.97 Å². The lowest BCUT2D eigenvalue weighted by molar-refractivity contribution is -0.136. The van der Waals surface area contributed by atoms with Crippen LogP contribution in [0.3, 0.4) is 0 Å². The van der Waals surface area contributed by atoms with Crippen molar-refractivity contribution in [2.45, 2.75) is 26.2 Å². The van der Waals surface area contributed by atoms with Crippen LogP contribution < -0.4 is 0 Å². The van der Waals surface area contributed by atoms with E-state index in [4.69, 9.17) is 5.11 Å².